The molecule has 0 amide bonds. The van der Waals surface area contributed by atoms with E-state index in [0.717, 1.165) is 24.0 Å². The Balaban J connectivity index is 1.86. The van der Waals surface area contributed by atoms with Crippen LogP contribution in [-0.2, 0) is 23.2 Å². The molecule has 0 aliphatic heterocycles. The molecule has 46 heavy (non-hydrogen) atoms. The van der Waals surface area contributed by atoms with Crippen LogP contribution in [0.25, 0.3) is 0 Å². The minimum atomic E-state index is -3.35. The molecular formula is C40H55O5P. The molecule has 0 heterocycles. The van der Waals surface area contributed by atoms with E-state index in [4.69, 9.17) is 9.05 Å². The summed E-state index contributed by atoms with van der Waals surface area (Å²) in [5, 5.41) is 0. The third kappa shape index (κ3) is 13.5. The van der Waals surface area contributed by atoms with Gasteiger partial charge in [0.2, 0.25) is 0 Å². The topological polar surface area (TPSA) is 69.7 Å². The lowest BCUT2D eigenvalue weighted by Crippen LogP contribution is -2.19. The number of carbonyl (C=O) groups excluding carboxylic acids is 2. The molecule has 2 rings (SSSR count). The van der Waals surface area contributed by atoms with Crippen molar-refractivity contribution in [3.8, 4) is 0 Å². The van der Waals surface area contributed by atoms with Gasteiger partial charge in [-0.3, -0.25) is 0 Å². The van der Waals surface area contributed by atoms with Gasteiger partial charge in [-0.15, -0.1) is 0 Å². The Morgan fingerprint density at radius 1 is 0.630 bits per heavy atom. The first-order valence-corrected chi connectivity index (χ1v) is 17.5. The van der Waals surface area contributed by atoms with E-state index in [1.165, 1.54) is 60.1 Å². The Kier molecular flexibility index (Phi) is 15.2. The molecule has 0 saturated heterocycles. The molecule has 0 saturated carbocycles. The molecule has 0 atom stereocenters. The van der Waals surface area contributed by atoms with Gasteiger partial charge in [0.25, 0.3) is 0 Å². The maximum Gasteiger partial charge on any atom is 0.423 e. The molecule has 2 aliphatic rings. The van der Waals surface area contributed by atoms with Crippen molar-refractivity contribution in [2.24, 2.45) is 10.8 Å². The van der Waals surface area contributed by atoms with Crippen molar-refractivity contribution in [1.29, 1.82) is 0 Å². The van der Waals surface area contributed by atoms with Crippen LogP contribution in [0, 0.1) is 10.8 Å². The van der Waals surface area contributed by atoms with Gasteiger partial charge < -0.3 is 9.05 Å². The highest BCUT2D eigenvalue weighted by Crippen LogP contribution is 2.41. The highest BCUT2D eigenvalue weighted by Gasteiger charge is 2.27. The summed E-state index contributed by atoms with van der Waals surface area (Å²) >= 11 is 0. The van der Waals surface area contributed by atoms with E-state index in [1.54, 1.807) is 26.0 Å². The normalized spacial score (nSPS) is 20.8. The van der Waals surface area contributed by atoms with Gasteiger partial charge in [0.1, 0.15) is 0 Å². The van der Waals surface area contributed by atoms with Crippen LogP contribution >= 0.6 is 8.25 Å². The zero-order valence-electron chi connectivity index (χ0n) is 29.7. The third-order valence-corrected chi connectivity index (χ3v) is 9.34. The molecule has 0 unspecified atom stereocenters. The van der Waals surface area contributed by atoms with Crippen LogP contribution in [0.5, 0.6) is 0 Å². The molecule has 5 nitrogen and oxygen atoms in total. The lowest BCUT2D eigenvalue weighted by molar-refractivity contribution is -0.132. The Bertz CT molecular complexity index is 1370. The van der Waals surface area contributed by atoms with Crippen LogP contribution in [0.4, 0.5) is 0 Å². The smallest absolute Gasteiger partial charge is 0.382 e. The van der Waals surface area contributed by atoms with E-state index < -0.39 is 20.2 Å². The summed E-state index contributed by atoms with van der Waals surface area (Å²) in [6.45, 7) is 21.1. The molecule has 0 bridgehead atoms. The summed E-state index contributed by atoms with van der Waals surface area (Å²) < 4.78 is 21.7. The fraction of sp³-hybridized carbons (Fsp3) is 0.450. The lowest BCUT2D eigenvalue weighted by atomic mass is 9.72. The third-order valence-electron chi connectivity index (χ3n) is 8.61. The van der Waals surface area contributed by atoms with Crippen LogP contribution in [-0.4, -0.2) is 11.9 Å². The van der Waals surface area contributed by atoms with Crippen molar-refractivity contribution in [1.82, 2.24) is 0 Å². The molecule has 0 aromatic heterocycles. The van der Waals surface area contributed by atoms with Crippen molar-refractivity contribution in [2.45, 2.75) is 108 Å². The number of hydrogen-bond donors (Lipinski definition) is 0. The second-order valence-corrected chi connectivity index (χ2v) is 14.8. The molecule has 6 heteroatoms. The summed E-state index contributed by atoms with van der Waals surface area (Å²) in [6.07, 6.45) is 29.4. The number of allylic oxidation sites excluding steroid dienone is 18. The summed E-state index contributed by atoms with van der Waals surface area (Å²) in [6, 6.07) is 0. The molecule has 0 N–H and O–H groups in total. The van der Waals surface area contributed by atoms with E-state index in [1.807, 2.05) is 38.2 Å². The minimum absolute atomic E-state index is 0.190. The van der Waals surface area contributed by atoms with Crippen molar-refractivity contribution in [2.75, 3.05) is 0 Å². The molecule has 250 valence electrons. The maximum absolute atomic E-state index is 12.2. The van der Waals surface area contributed by atoms with Gasteiger partial charge in [-0.05, 0) is 113 Å². The quantitative estimate of drug-likeness (QED) is 0.120. The number of carbonyl (C=O) groups is 2. The predicted octanol–water partition coefficient (Wildman–Crippen LogP) is 11.5. The second-order valence-electron chi connectivity index (χ2n) is 13.9. The largest absolute Gasteiger partial charge is 0.423 e. The SMILES string of the molecule is CC1=C(/C=C/C(C)=C/C=C/C(C)=C/C(=O)O[PH](=O)OC(=O)/C=C(C)/C=C/C=C(C)/C=C/C2=C(C)CCCC2(C)C)C(C)(C)CCC1. The average Bonchev–Trinajstić information content (AvgIpc) is 2.91. The van der Waals surface area contributed by atoms with Crippen LogP contribution < -0.4 is 0 Å². The Morgan fingerprint density at radius 3 is 1.35 bits per heavy atom. The van der Waals surface area contributed by atoms with Crippen LogP contribution in [0.3, 0.4) is 0 Å². The van der Waals surface area contributed by atoms with Crippen molar-refractivity contribution in [3.63, 3.8) is 0 Å². The van der Waals surface area contributed by atoms with Crippen LogP contribution in [0.2, 0.25) is 0 Å². The van der Waals surface area contributed by atoms with E-state index in [9.17, 15) is 14.2 Å². The second kappa shape index (κ2) is 18.0. The monoisotopic (exact) mass is 646 g/mol. The van der Waals surface area contributed by atoms with E-state index in [2.05, 4.69) is 65.8 Å². The van der Waals surface area contributed by atoms with Gasteiger partial charge >= 0.3 is 20.2 Å². The average molecular weight is 647 g/mol. The first-order valence-electron chi connectivity index (χ1n) is 16.3. The summed E-state index contributed by atoms with van der Waals surface area (Å²) in [5.74, 6) is -1.67. The predicted molar refractivity (Wildman–Crippen MR) is 193 cm³/mol. The maximum atomic E-state index is 12.2. The molecule has 0 aromatic carbocycles. The summed E-state index contributed by atoms with van der Waals surface area (Å²) in [4.78, 5) is 24.4. The Hall–Kier alpha value is -3.43. The molecule has 0 fully saturated rings. The molecular weight excluding hydrogens is 591 g/mol. The van der Waals surface area contributed by atoms with Crippen molar-refractivity contribution in [3.05, 3.63) is 117 Å². The van der Waals surface area contributed by atoms with Gasteiger partial charge in [0.15, 0.2) is 0 Å². The van der Waals surface area contributed by atoms with Gasteiger partial charge in [0, 0.05) is 12.2 Å². The summed E-state index contributed by atoms with van der Waals surface area (Å²) in [7, 11) is -3.35. The Morgan fingerprint density at radius 2 is 1.00 bits per heavy atom. The standard InChI is InChI=1S/C40H55O5P/c1-29(21-23-35-33(5)19-13-25-39(35,7)8)15-11-17-31(3)27-37(41)44-46(43)45-38(42)28-32(4)18-12-16-30(2)22-24-36-34(6)20-14-26-40(36,9)10/h11-12,15-18,21-24,27-28,46H,13-14,19-20,25-26H2,1-10H3/b17-11+,18-12+,23-21+,24-22+,29-15+,30-16+,31-27+,32-28+. The number of rotatable bonds is 12. The van der Waals surface area contributed by atoms with E-state index in [0.29, 0.717) is 11.1 Å². The van der Waals surface area contributed by atoms with Gasteiger partial charge in [0.05, 0.1) is 0 Å². The minimum Gasteiger partial charge on any atom is -0.382 e. The highest BCUT2D eigenvalue weighted by molar-refractivity contribution is 7.34. The van der Waals surface area contributed by atoms with Crippen molar-refractivity contribution >= 4 is 20.2 Å². The Labute approximate surface area is 278 Å². The zero-order chi connectivity index (χ0) is 34.5. The fourth-order valence-electron chi connectivity index (χ4n) is 5.98. The van der Waals surface area contributed by atoms with Crippen LogP contribution in [0.1, 0.15) is 108 Å². The zero-order valence-corrected chi connectivity index (χ0v) is 30.7. The first kappa shape index (κ1) is 38.8. The highest BCUT2D eigenvalue weighted by atomic mass is 31.1. The molecule has 2 aliphatic carbocycles. The summed E-state index contributed by atoms with van der Waals surface area (Å²) in [5.41, 5.74) is 9.49. The van der Waals surface area contributed by atoms with Crippen LogP contribution in [0.15, 0.2) is 117 Å². The van der Waals surface area contributed by atoms with E-state index in [-0.39, 0.29) is 10.8 Å². The first-order chi connectivity index (χ1) is 21.5. The van der Waals surface area contributed by atoms with Crippen molar-refractivity contribution < 1.29 is 23.2 Å². The van der Waals surface area contributed by atoms with Gasteiger partial charge in [-0.1, -0.05) is 111 Å². The molecule has 0 radical (unpaired) electrons. The number of hydrogen-bond acceptors (Lipinski definition) is 5. The van der Waals surface area contributed by atoms with Gasteiger partial charge in [-0.25, -0.2) is 14.2 Å². The van der Waals surface area contributed by atoms with E-state index >= 15 is 0 Å². The van der Waals surface area contributed by atoms with Gasteiger partial charge in [-0.2, -0.15) is 0 Å². The molecule has 0 aromatic rings. The lowest BCUT2D eigenvalue weighted by Gasteiger charge is -2.33. The fourth-order valence-corrected chi connectivity index (χ4v) is 6.46. The molecule has 0 spiro atoms.